The van der Waals surface area contributed by atoms with Gasteiger partial charge in [-0.3, -0.25) is 9.69 Å². The van der Waals surface area contributed by atoms with E-state index in [0.717, 1.165) is 17.6 Å². The van der Waals surface area contributed by atoms with Crippen LogP contribution in [0.5, 0.6) is 11.5 Å². The number of ether oxygens (including phenoxy) is 2. The first-order valence-electron chi connectivity index (χ1n) is 11.0. The Morgan fingerprint density at radius 1 is 1.09 bits per heavy atom. The summed E-state index contributed by atoms with van der Waals surface area (Å²) in [7, 11) is 1.60. The highest BCUT2D eigenvalue weighted by Crippen LogP contribution is 2.53. The minimum absolute atomic E-state index is 0.109. The molecule has 1 atom stereocenters. The van der Waals surface area contributed by atoms with Crippen LogP contribution in [-0.4, -0.2) is 42.0 Å². The smallest absolute Gasteiger partial charge is 0.266 e. The van der Waals surface area contributed by atoms with Gasteiger partial charge >= 0.3 is 0 Å². The van der Waals surface area contributed by atoms with Crippen molar-refractivity contribution in [1.82, 2.24) is 9.88 Å². The number of rotatable bonds is 2. The van der Waals surface area contributed by atoms with Crippen LogP contribution in [0.1, 0.15) is 23.1 Å². The maximum absolute atomic E-state index is 14.5. The predicted molar refractivity (Wildman–Crippen MR) is 125 cm³/mol. The molecule has 170 valence electrons. The monoisotopic (exact) mass is 456 g/mol. The van der Waals surface area contributed by atoms with Gasteiger partial charge in [-0.05, 0) is 59.5 Å². The Morgan fingerprint density at radius 2 is 1.82 bits per heavy atom. The zero-order chi connectivity index (χ0) is 23.4. The second-order valence-electron chi connectivity index (χ2n) is 8.46. The summed E-state index contributed by atoms with van der Waals surface area (Å²) in [6.45, 7) is 1.18. The van der Waals surface area contributed by atoms with Crippen molar-refractivity contribution in [2.45, 2.75) is 12.0 Å². The number of hydrogen-bond acceptors (Lipinski definition) is 6. The average Bonchev–Trinajstić information content (AvgIpc) is 3.09. The Morgan fingerprint density at radius 3 is 2.47 bits per heavy atom. The van der Waals surface area contributed by atoms with Crippen LogP contribution in [0, 0.1) is 5.95 Å². The molecule has 1 spiro atoms. The molecule has 1 aromatic heterocycles. The van der Waals surface area contributed by atoms with E-state index in [9.17, 15) is 9.18 Å². The molecule has 3 aliphatic rings. The number of hydrogen-bond donors (Lipinski definition) is 1. The number of aliphatic imine (C=N–C) groups is 1. The third-order valence-corrected chi connectivity index (χ3v) is 6.60. The fraction of sp³-hybridized carbons (Fsp3) is 0.192. The highest BCUT2D eigenvalue weighted by Gasteiger charge is 2.54. The third-order valence-electron chi connectivity index (χ3n) is 6.60. The topological polar surface area (TPSA) is 90.0 Å². The zero-order valence-electron chi connectivity index (χ0n) is 18.4. The van der Waals surface area contributed by atoms with Crippen molar-refractivity contribution >= 4 is 17.4 Å². The first kappa shape index (κ1) is 20.6. The van der Waals surface area contributed by atoms with Crippen molar-refractivity contribution in [2.24, 2.45) is 10.7 Å². The van der Waals surface area contributed by atoms with Crippen LogP contribution < -0.4 is 10.5 Å². The molecular weight excluding hydrogens is 435 g/mol. The minimum Gasteiger partial charge on any atom is -0.457 e. The molecule has 7 nitrogen and oxygen atoms in total. The highest BCUT2D eigenvalue weighted by molar-refractivity contribution is 6.10. The molecule has 6 rings (SSSR count). The van der Waals surface area contributed by atoms with Crippen LogP contribution in [0.3, 0.4) is 0 Å². The molecule has 3 aromatic rings. The molecule has 8 heteroatoms. The number of aromatic nitrogens is 1. The van der Waals surface area contributed by atoms with E-state index in [-0.39, 0.29) is 11.9 Å². The zero-order valence-corrected chi connectivity index (χ0v) is 18.4. The van der Waals surface area contributed by atoms with E-state index in [2.05, 4.69) is 4.98 Å². The summed E-state index contributed by atoms with van der Waals surface area (Å²) >= 11 is 0. The summed E-state index contributed by atoms with van der Waals surface area (Å²) in [5, 5.41) is 0. The van der Waals surface area contributed by atoms with Gasteiger partial charge in [0.05, 0.1) is 13.2 Å². The van der Waals surface area contributed by atoms with Crippen molar-refractivity contribution in [1.29, 1.82) is 0 Å². The SMILES string of the molecule is CN1C(=O)[C@]2(N=C1N)c1cc(C3=CCOCC3)ccc1Oc1ccc(-c3cccnc3F)cc12. The lowest BCUT2D eigenvalue weighted by molar-refractivity contribution is -0.129. The van der Waals surface area contributed by atoms with E-state index >= 15 is 0 Å². The third kappa shape index (κ3) is 2.88. The fourth-order valence-corrected chi connectivity index (χ4v) is 4.82. The van der Waals surface area contributed by atoms with E-state index < -0.39 is 11.5 Å². The molecule has 2 aromatic carbocycles. The quantitative estimate of drug-likeness (QED) is 0.592. The molecule has 3 aliphatic heterocycles. The van der Waals surface area contributed by atoms with Gasteiger partial charge in [0.2, 0.25) is 11.5 Å². The minimum atomic E-state index is -1.43. The molecule has 2 N–H and O–H groups in total. The lowest BCUT2D eigenvalue weighted by Gasteiger charge is -2.34. The number of likely N-dealkylation sites (N-methyl/N-ethyl adjacent to an activating group) is 1. The number of pyridine rings is 1. The molecule has 34 heavy (non-hydrogen) atoms. The van der Waals surface area contributed by atoms with E-state index in [4.69, 9.17) is 20.2 Å². The second kappa shape index (κ2) is 7.50. The van der Waals surface area contributed by atoms with Crippen molar-refractivity contribution in [3.05, 3.63) is 83.4 Å². The normalized spacial score (nSPS) is 21.0. The lowest BCUT2D eigenvalue weighted by atomic mass is 9.78. The fourth-order valence-electron chi connectivity index (χ4n) is 4.82. The Labute approximate surface area is 195 Å². The number of benzene rings is 2. The number of carbonyl (C=O) groups excluding carboxylic acids is 1. The molecule has 0 saturated heterocycles. The van der Waals surface area contributed by atoms with Gasteiger partial charge in [-0.2, -0.15) is 4.39 Å². The summed E-state index contributed by atoms with van der Waals surface area (Å²) in [6, 6.07) is 14.3. The van der Waals surface area contributed by atoms with Crippen LogP contribution in [-0.2, 0) is 15.1 Å². The highest BCUT2D eigenvalue weighted by atomic mass is 19.1. The number of amides is 1. The van der Waals surface area contributed by atoms with Crippen LogP contribution in [0.4, 0.5) is 4.39 Å². The number of carbonyl (C=O) groups is 1. The molecule has 4 heterocycles. The van der Waals surface area contributed by atoms with Crippen LogP contribution in [0.25, 0.3) is 16.7 Å². The van der Waals surface area contributed by atoms with Crippen LogP contribution in [0.15, 0.2) is 65.8 Å². The standard InChI is InChI=1S/C26H21FN4O3/c1-31-24(32)26(30-25(31)28)19-13-16(15-8-11-33-12-9-15)4-6-21(19)34-22-7-5-17(14-20(22)26)18-3-2-10-29-23(18)27/h2-8,10,13-14H,9,11-12H2,1H3,(H2,28,30)/t26-/m0/s1. The number of halogens is 1. The Kier molecular flexibility index (Phi) is 4.53. The summed E-state index contributed by atoms with van der Waals surface area (Å²) < 4.78 is 26.2. The molecule has 0 bridgehead atoms. The van der Waals surface area contributed by atoms with E-state index in [0.29, 0.717) is 47.0 Å². The van der Waals surface area contributed by atoms with Gasteiger partial charge in [-0.25, -0.2) is 9.98 Å². The van der Waals surface area contributed by atoms with E-state index in [1.807, 2.05) is 24.3 Å². The van der Waals surface area contributed by atoms with Crippen molar-refractivity contribution in [3.8, 4) is 22.6 Å². The molecular formula is C26H21FN4O3. The van der Waals surface area contributed by atoms with Gasteiger partial charge in [-0.15, -0.1) is 0 Å². The number of guanidine groups is 1. The lowest BCUT2D eigenvalue weighted by Crippen LogP contribution is -2.42. The van der Waals surface area contributed by atoms with Crippen LogP contribution >= 0.6 is 0 Å². The molecule has 0 fully saturated rings. The largest absolute Gasteiger partial charge is 0.457 e. The predicted octanol–water partition coefficient (Wildman–Crippen LogP) is 3.83. The van der Waals surface area contributed by atoms with Crippen LogP contribution in [0.2, 0.25) is 0 Å². The summed E-state index contributed by atoms with van der Waals surface area (Å²) in [6.07, 6.45) is 4.21. The molecule has 0 saturated carbocycles. The molecule has 1 amide bonds. The second-order valence-corrected chi connectivity index (χ2v) is 8.46. The number of nitrogens with zero attached hydrogens (tertiary/aromatic N) is 3. The van der Waals surface area contributed by atoms with E-state index in [1.165, 1.54) is 11.1 Å². The van der Waals surface area contributed by atoms with Crippen molar-refractivity contribution in [2.75, 3.05) is 20.3 Å². The summed E-state index contributed by atoms with van der Waals surface area (Å²) in [4.78, 5) is 23.6. The van der Waals surface area contributed by atoms with Gasteiger partial charge < -0.3 is 15.2 Å². The maximum atomic E-state index is 14.5. The van der Waals surface area contributed by atoms with Crippen molar-refractivity contribution < 1.29 is 18.7 Å². The maximum Gasteiger partial charge on any atom is 0.266 e. The van der Waals surface area contributed by atoms with E-state index in [1.54, 1.807) is 37.4 Å². The first-order valence-corrected chi connectivity index (χ1v) is 11.0. The summed E-state index contributed by atoms with van der Waals surface area (Å²) in [5.41, 5.74) is 8.83. The summed E-state index contributed by atoms with van der Waals surface area (Å²) in [5.74, 6) is 0.221. The van der Waals surface area contributed by atoms with Gasteiger partial charge in [0.1, 0.15) is 11.5 Å². The Hall–Kier alpha value is -4.04. The molecule has 0 aliphatic carbocycles. The Balaban J connectivity index is 1.59. The van der Waals surface area contributed by atoms with Gasteiger partial charge in [0.25, 0.3) is 5.91 Å². The average molecular weight is 456 g/mol. The number of fused-ring (bicyclic) bond motifs is 4. The first-order chi connectivity index (χ1) is 16.5. The van der Waals surface area contributed by atoms with Gasteiger partial charge in [0.15, 0.2) is 5.96 Å². The number of nitrogens with two attached hydrogens (primary N) is 1. The van der Waals surface area contributed by atoms with Crippen molar-refractivity contribution in [3.63, 3.8) is 0 Å². The molecule has 0 radical (unpaired) electrons. The van der Waals surface area contributed by atoms with Gasteiger partial charge in [0, 0.05) is 29.9 Å². The molecule has 0 unspecified atom stereocenters. The Bertz CT molecular complexity index is 1420. The van der Waals surface area contributed by atoms with Gasteiger partial charge in [-0.1, -0.05) is 18.2 Å².